The van der Waals surface area contributed by atoms with Gasteiger partial charge in [0.2, 0.25) is 0 Å². The lowest BCUT2D eigenvalue weighted by Crippen LogP contribution is -2.29. The molecule has 1 amide bonds. The first-order chi connectivity index (χ1) is 10.7. The van der Waals surface area contributed by atoms with Gasteiger partial charge in [-0.05, 0) is 42.6 Å². The van der Waals surface area contributed by atoms with Gasteiger partial charge >= 0.3 is 0 Å². The van der Waals surface area contributed by atoms with Crippen molar-refractivity contribution in [2.45, 2.75) is 20.0 Å². The Morgan fingerprint density at radius 1 is 1.14 bits per heavy atom. The van der Waals surface area contributed by atoms with Crippen LogP contribution in [0.3, 0.4) is 0 Å². The molecule has 3 rings (SSSR count). The fourth-order valence-corrected chi connectivity index (χ4v) is 3.06. The van der Waals surface area contributed by atoms with E-state index in [0.717, 1.165) is 16.2 Å². The van der Waals surface area contributed by atoms with Crippen LogP contribution in [0.1, 0.15) is 26.6 Å². The zero-order valence-electron chi connectivity index (χ0n) is 12.4. The molecule has 0 aliphatic heterocycles. The molecular weight excluding hydrogens is 294 g/mol. The number of nitrogens with zero attached hydrogens (tertiary/aromatic N) is 1. The van der Waals surface area contributed by atoms with E-state index < -0.39 is 0 Å². The van der Waals surface area contributed by atoms with Crippen LogP contribution in [0.5, 0.6) is 0 Å². The molecule has 1 aromatic carbocycles. The summed E-state index contributed by atoms with van der Waals surface area (Å²) in [6, 6.07) is 15.5. The third kappa shape index (κ3) is 3.46. The van der Waals surface area contributed by atoms with E-state index in [-0.39, 0.29) is 5.91 Å². The normalized spacial score (nSPS) is 10.6. The van der Waals surface area contributed by atoms with Gasteiger partial charge in [-0.15, -0.1) is 11.3 Å². The van der Waals surface area contributed by atoms with E-state index >= 15 is 0 Å². The van der Waals surface area contributed by atoms with E-state index in [1.165, 1.54) is 0 Å². The molecule has 3 aromatic rings. The fraction of sp³-hybridized carbons (Fsp3) is 0.167. The topological polar surface area (TPSA) is 33.5 Å². The molecule has 2 aromatic heterocycles. The number of hydrogen-bond donors (Lipinski definition) is 0. The van der Waals surface area contributed by atoms with E-state index in [9.17, 15) is 4.79 Å². The maximum Gasteiger partial charge on any atom is 0.254 e. The maximum absolute atomic E-state index is 12.8. The third-order valence-electron chi connectivity index (χ3n) is 3.41. The first-order valence-electron chi connectivity index (χ1n) is 7.13. The molecule has 0 unspecified atom stereocenters. The largest absolute Gasteiger partial charge is 0.467 e. The SMILES string of the molecule is Cc1cccc(C(=O)N(Cc2ccco2)Cc2cccs2)c1. The molecule has 4 heteroatoms. The fourth-order valence-electron chi connectivity index (χ4n) is 2.34. The van der Waals surface area contributed by atoms with Crippen LogP contribution in [0.15, 0.2) is 64.6 Å². The molecule has 0 N–H and O–H groups in total. The minimum absolute atomic E-state index is 0.0218. The van der Waals surface area contributed by atoms with Crippen molar-refractivity contribution in [1.29, 1.82) is 0 Å². The highest BCUT2D eigenvalue weighted by atomic mass is 32.1. The summed E-state index contributed by atoms with van der Waals surface area (Å²) in [5.41, 5.74) is 1.79. The van der Waals surface area contributed by atoms with E-state index in [0.29, 0.717) is 18.7 Å². The Labute approximate surface area is 133 Å². The summed E-state index contributed by atoms with van der Waals surface area (Å²) in [5.74, 6) is 0.811. The molecule has 0 atom stereocenters. The third-order valence-corrected chi connectivity index (χ3v) is 4.27. The second kappa shape index (κ2) is 6.62. The number of carbonyl (C=O) groups excluding carboxylic acids is 1. The van der Waals surface area contributed by atoms with E-state index in [1.54, 1.807) is 17.6 Å². The van der Waals surface area contributed by atoms with Gasteiger partial charge in [0.1, 0.15) is 5.76 Å². The van der Waals surface area contributed by atoms with Crippen molar-refractivity contribution in [3.05, 3.63) is 81.9 Å². The second-order valence-corrected chi connectivity index (χ2v) is 6.22. The molecule has 0 saturated carbocycles. The predicted molar refractivity (Wildman–Crippen MR) is 87.8 cm³/mol. The Balaban J connectivity index is 1.85. The smallest absolute Gasteiger partial charge is 0.254 e. The Morgan fingerprint density at radius 2 is 2.05 bits per heavy atom. The van der Waals surface area contributed by atoms with E-state index in [2.05, 4.69) is 0 Å². The highest BCUT2D eigenvalue weighted by molar-refractivity contribution is 7.09. The number of thiophene rings is 1. The van der Waals surface area contributed by atoms with Crippen LogP contribution in [0, 0.1) is 6.92 Å². The van der Waals surface area contributed by atoms with Gasteiger partial charge < -0.3 is 9.32 Å². The summed E-state index contributed by atoms with van der Waals surface area (Å²) in [5, 5.41) is 2.03. The second-order valence-electron chi connectivity index (χ2n) is 5.19. The van der Waals surface area contributed by atoms with Crippen molar-refractivity contribution in [3.8, 4) is 0 Å². The number of rotatable bonds is 5. The van der Waals surface area contributed by atoms with Gasteiger partial charge in [0.05, 0.1) is 19.4 Å². The van der Waals surface area contributed by atoms with Crippen LogP contribution in [0.25, 0.3) is 0 Å². The molecule has 0 saturated heterocycles. The lowest BCUT2D eigenvalue weighted by atomic mass is 10.1. The molecule has 0 aliphatic carbocycles. The van der Waals surface area contributed by atoms with Gasteiger partial charge in [-0.2, -0.15) is 0 Å². The standard InChI is InChI=1S/C18H17NO2S/c1-14-5-2-6-15(11-14)18(20)19(12-16-7-3-9-21-16)13-17-8-4-10-22-17/h2-11H,12-13H2,1H3. The van der Waals surface area contributed by atoms with Crippen molar-refractivity contribution in [1.82, 2.24) is 4.90 Å². The molecule has 22 heavy (non-hydrogen) atoms. The molecule has 0 bridgehead atoms. The number of furan rings is 1. The number of amides is 1. The van der Waals surface area contributed by atoms with Crippen LogP contribution in [-0.4, -0.2) is 10.8 Å². The summed E-state index contributed by atoms with van der Waals surface area (Å²) in [6.45, 7) is 3.05. The molecule has 112 valence electrons. The highest BCUT2D eigenvalue weighted by Gasteiger charge is 2.18. The average molecular weight is 311 g/mol. The van der Waals surface area contributed by atoms with Crippen molar-refractivity contribution in [3.63, 3.8) is 0 Å². The zero-order chi connectivity index (χ0) is 15.4. The highest BCUT2D eigenvalue weighted by Crippen LogP contribution is 2.18. The molecule has 3 nitrogen and oxygen atoms in total. The summed E-state index contributed by atoms with van der Waals surface area (Å²) in [4.78, 5) is 15.8. The average Bonchev–Trinajstić information content (AvgIpc) is 3.19. The van der Waals surface area contributed by atoms with Gasteiger partial charge in [-0.25, -0.2) is 0 Å². The van der Waals surface area contributed by atoms with Crippen molar-refractivity contribution in [2.75, 3.05) is 0 Å². The number of carbonyl (C=O) groups is 1. The zero-order valence-corrected chi connectivity index (χ0v) is 13.2. The van der Waals surface area contributed by atoms with Crippen molar-refractivity contribution >= 4 is 17.2 Å². The Kier molecular flexibility index (Phi) is 4.39. The minimum Gasteiger partial charge on any atom is -0.467 e. The molecule has 0 radical (unpaired) electrons. The Bertz CT molecular complexity index is 696. The van der Waals surface area contributed by atoms with Crippen LogP contribution in [-0.2, 0) is 13.1 Å². The monoisotopic (exact) mass is 311 g/mol. The van der Waals surface area contributed by atoms with Crippen LogP contribution < -0.4 is 0 Å². The van der Waals surface area contributed by atoms with Gasteiger partial charge in [-0.3, -0.25) is 4.79 Å². The summed E-state index contributed by atoms with van der Waals surface area (Å²) < 4.78 is 5.40. The van der Waals surface area contributed by atoms with Gasteiger partial charge in [-0.1, -0.05) is 23.8 Å². The molecule has 0 aliphatic rings. The summed E-state index contributed by atoms with van der Waals surface area (Å²) in [7, 11) is 0. The van der Waals surface area contributed by atoms with Crippen molar-refractivity contribution in [2.24, 2.45) is 0 Å². The number of benzene rings is 1. The lowest BCUT2D eigenvalue weighted by Gasteiger charge is -2.21. The van der Waals surface area contributed by atoms with E-state index in [1.807, 2.05) is 65.7 Å². The molecule has 2 heterocycles. The summed E-state index contributed by atoms with van der Waals surface area (Å²) >= 11 is 1.66. The molecule has 0 fully saturated rings. The van der Waals surface area contributed by atoms with Crippen LogP contribution in [0.2, 0.25) is 0 Å². The first kappa shape index (κ1) is 14.6. The summed E-state index contributed by atoms with van der Waals surface area (Å²) in [6.07, 6.45) is 1.63. The van der Waals surface area contributed by atoms with E-state index in [4.69, 9.17) is 4.42 Å². The number of hydrogen-bond acceptors (Lipinski definition) is 3. The maximum atomic E-state index is 12.8. The predicted octanol–water partition coefficient (Wildman–Crippen LogP) is 4.49. The quantitative estimate of drug-likeness (QED) is 0.695. The Hall–Kier alpha value is -2.33. The van der Waals surface area contributed by atoms with Crippen molar-refractivity contribution < 1.29 is 9.21 Å². The lowest BCUT2D eigenvalue weighted by molar-refractivity contribution is 0.0719. The van der Waals surface area contributed by atoms with Crippen LogP contribution in [0.4, 0.5) is 0 Å². The minimum atomic E-state index is 0.0218. The van der Waals surface area contributed by atoms with Gasteiger partial charge in [0.15, 0.2) is 0 Å². The van der Waals surface area contributed by atoms with Gasteiger partial charge in [0.25, 0.3) is 5.91 Å². The molecule has 0 spiro atoms. The molecular formula is C18H17NO2S. The first-order valence-corrected chi connectivity index (χ1v) is 8.01. The Morgan fingerprint density at radius 3 is 2.73 bits per heavy atom. The van der Waals surface area contributed by atoms with Gasteiger partial charge in [0, 0.05) is 10.4 Å². The van der Waals surface area contributed by atoms with Crippen LogP contribution >= 0.6 is 11.3 Å². The number of aryl methyl sites for hydroxylation is 1.